The van der Waals surface area contributed by atoms with Gasteiger partial charge in [-0.1, -0.05) is 35.3 Å². The number of benzene rings is 2. The molecule has 6 heteroatoms. The molecule has 27 heavy (non-hydrogen) atoms. The van der Waals surface area contributed by atoms with Crippen LogP contribution in [-0.2, 0) is 0 Å². The lowest BCUT2D eigenvalue weighted by molar-refractivity contribution is 0.0942. The molecule has 1 atom stereocenters. The number of carbonyl (C=O) groups is 1. The van der Waals surface area contributed by atoms with Gasteiger partial charge in [0.2, 0.25) is 0 Å². The highest BCUT2D eigenvalue weighted by Gasteiger charge is 2.19. The molecule has 3 aromatic rings. The summed E-state index contributed by atoms with van der Waals surface area (Å²) in [7, 11) is 0. The zero-order valence-electron chi connectivity index (χ0n) is 14.4. The number of hydrogen-bond acceptors (Lipinski definition) is 3. The normalized spacial score (nSPS) is 11.5. The molecule has 0 saturated carbocycles. The van der Waals surface area contributed by atoms with Crippen molar-refractivity contribution in [3.05, 3.63) is 98.8 Å². The van der Waals surface area contributed by atoms with E-state index in [9.17, 15) is 4.79 Å². The Morgan fingerprint density at radius 3 is 2.37 bits per heavy atom. The Labute approximate surface area is 167 Å². The topological polar surface area (TPSA) is 65.8 Å². The molecule has 0 aliphatic rings. The second-order valence-corrected chi connectivity index (χ2v) is 6.87. The Morgan fingerprint density at radius 1 is 1.07 bits per heavy atom. The lowest BCUT2D eigenvalue weighted by Crippen LogP contribution is -2.30. The Hall–Kier alpha value is -2.87. The third-order valence-electron chi connectivity index (χ3n) is 4.13. The molecule has 4 nitrogen and oxygen atoms in total. The van der Waals surface area contributed by atoms with Crippen molar-refractivity contribution in [3.8, 4) is 6.07 Å². The van der Waals surface area contributed by atoms with E-state index in [2.05, 4.69) is 16.4 Å². The summed E-state index contributed by atoms with van der Waals surface area (Å²) in [5, 5.41) is 13.2. The number of nitriles is 1. The minimum Gasteiger partial charge on any atom is -0.340 e. The Bertz CT molecular complexity index is 964. The Kier molecular flexibility index (Phi) is 5.75. The van der Waals surface area contributed by atoms with E-state index in [0.717, 1.165) is 11.1 Å². The van der Waals surface area contributed by atoms with E-state index in [-0.39, 0.29) is 5.91 Å². The van der Waals surface area contributed by atoms with E-state index in [0.29, 0.717) is 26.9 Å². The van der Waals surface area contributed by atoms with Crippen LogP contribution < -0.4 is 5.32 Å². The van der Waals surface area contributed by atoms with Crippen molar-refractivity contribution in [2.24, 2.45) is 0 Å². The van der Waals surface area contributed by atoms with Crippen LogP contribution in [0.1, 0.15) is 38.8 Å². The van der Waals surface area contributed by atoms with E-state index in [1.165, 1.54) is 6.20 Å². The van der Waals surface area contributed by atoms with Crippen LogP contribution in [0.5, 0.6) is 0 Å². The minimum absolute atomic E-state index is 0.265. The van der Waals surface area contributed by atoms with Crippen molar-refractivity contribution >= 4 is 29.1 Å². The second-order valence-electron chi connectivity index (χ2n) is 6.00. The maximum atomic E-state index is 12.8. The molecule has 2 aromatic carbocycles. The third kappa shape index (κ3) is 4.46. The van der Waals surface area contributed by atoms with E-state index in [1.807, 2.05) is 12.1 Å². The average molecular weight is 396 g/mol. The summed E-state index contributed by atoms with van der Waals surface area (Å²) in [5.74, 6) is -0.265. The van der Waals surface area contributed by atoms with Gasteiger partial charge in [-0.05, 0) is 60.5 Å². The summed E-state index contributed by atoms with van der Waals surface area (Å²) in [6.45, 7) is 1.80. The van der Waals surface area contributed by atoms with Crippen LogP contribution in [0.2, 0.25) is 10.0 Å². The number of rotatable bonds is 4. The Morgan fingerprint density at radius 2 is 1.78 bits per heavy atom. The van der Waals surface area contributed by atoms with E-state index < -0.39 is 6.04 Å². The maximum Gasteiger partial charge on any atom is 0.252 e. The first-order valence-corrected chi connectivity index (χ1v) is 8.92. The second kappa shape index (κ2) is 8.22. The van der Waals surface area contributed by atoms with Crippen molar-refractivity contribution in [3.63, 3.8) is 0 Å². The summed E-state index contributed by atoms with van der Waals surface area (Å²) in [4.78, 5) is 17.2. The van der Waals surface area contributed by atoms with Crippen molar-refractivity contribution in [1.29, 1.82) is 5.26 Å². The van der Waals surface area contributed by atoms with Gasteiger partial charge in [-0.25, -0.2) is 0 Å². The fourth-order valence-corrected chi connectivity index (χ4v) is 2.92. The minimum atomic E-state index is -0.469. The van der Waals surface area contributed by atoms with Crippen LogP contribution in [0.3, 0.4) is 0 Å². The van der Waals surface area contributed by atoms with Crippen molar-refractivity contribution in [2.45, 2.75) is 13.0 Å². The lowest BCUT2D eigenvalue weighted by atomic mass is 10.0. The van der Waals surface area contributed by atoms with Gasteiger partial charge in [0.25, 0.3) is 5.91 Å². The van der Waals surface area contributed by atoms with E-state index >= 15 is 0 Å². The van der Waals surface area contributed by atoms with Crippen LogP contribution >= 0.6 is 23.2 Å². The molecule has 1 N–H and O–H groups in total. The van der Waals surface area contributed by atoms with Gasteiger partial charge in [-0.15, -0.1) is 0 Å². The SMILES string of the molecule is Cc1cc(C(=O)N[C@H](c2ccc(Cl)cc2)c2ccc(Cl)cn2)ccc1C#N. The van der Waals surface area contributed by atoms with Gasteiger partial charge >= 0.3 is 0 Å². The van der Waals surface area contributed by atoms with Gasteiger partial charge in [0.1, 0.15) is 0 Å². The van der Waals surface area contributed by atoms with Gasteiger partial charge in [0.15, 0.2) is 0 Å². The monoisotopic (exact) mass is 395 g/mol. The molecule has 0 radical (unpaired) electrons. The van der Waals surface area contributed by atoms with Gasteiger partial charge in [0.05, 0.1) is 28.4 Å². The highest BCUT2D eigenvalue weighted by molar-refractivity contribution is 6.30. The molecule has 0 spiro atoms. The number of nitrogens with one attached hydrogen (secondary N) is 1. The summed E-state index contributed by atoms with van der Waals surface area (Å²) < 4.78 is 0. The number of amides is 1. The highest BCUT2D eigenvalue weighted by atomic mass is 35.5. The molecule has 0 unspecified atom stereocenters. The van der Waals surface area contributed by atoms with E-state index in [4.69, 9.17) is 28.5 Å². The number of halogens is 2. The van der Waals surface area contributed by atoms with Crippen LogP contribution in [0.15, 0.2) is 60.8 Å². The third-order valence-corrected chi connectivity index (χ3v) is 4.61. The average Bonchev–Trinajstić information content (AvgIpc) is 2.67. The van der Waals surface area contributed by atoms with Gasteiger partial charge < -0.3 is 5.32 Å². The van der Waals surface area contributed by atoms with Crippen LogP contribution in [-0.4, -0.2) is 10.9 Å². The van der Waals surface area contributed by atoms with Gasteiger partial charge in [-0.3, -0.25) is 9.78 Å². The number of nitrogens with zero attached hydrogens (tertiary/aromatic N) is 2. The van der Waals surface area contributed by atoms with E-state index in [1.54, 1.807) is 49.4 Å². The molecular weight excluding hydrogens is 381 g/mol. The highest BCUT2D eigenvalue weighted by Crippen LogP contribution is 2.24. The van der Waals surface area contributed by atoms with Gasteiger partial charge in [0, 0.05) is 16.8 Å². The fraction of sp³-hybridized carbons (Fsp3) is 0.0952. The summed E-state index contributed by atoms with van der Waals surface area (Å²) in [5.41, 5.74) is 3.26. The predicted octanol–water partition coefficient (Wildman–Crippen LogP) is 5.09. The zero-order valence-corrected chi connectivity index (χ0v) is 15.9. The lowest BCUT2D eigenvalue weighted by Gasteiger charge is -2.19. The first-order chi connectivity index (χ1) is 13.0. The molecule has 0 fully saturated rings. The smallest absolute Gasteiger partial charge is 0.252 e. The number of carbonyl (C=O) groups excluding carboxylic acids is 1. The quantitative estimate of drug-likeness (QED) is 0.668. The van der Waals surface area contributed by atoms with Crippen molar-refractivity contribution in [1.82, 2.24) is 10.3 Å². The maximum absolute atomic E-state index is 12.8. The predicted molar refractivity (Wildman–Crippen MR) is 106 cm³/mol. The first kappa shape index (κ1) is 18.9. The molecule has 3 rings (SSSR count). The zero-order chi connectivity index (χ0) is 19.4. The molecule has 0 aliphatic heterocycles. The fourth-order valence-electron chi connectivity index (χ4n) is 2.69. The van der Waals surface area contributed by atoms with Crippen LogP contribution in [0.4, 0.5) is 0 Å². The summed E-state index contributed by atoms with van der Waals surface area (Å²) >= 11 is 11.9. The number of aryl methyl sites for hydroxylation is 1. The van der Waals surface area contributed by atoms with Crippen molar-refractivity contribution in [2.75, 3.05) is 0 Å². The van der Waals surface area contributed by atoms with Crippen molar-refractivity contribution < 1.29 is 4.79 Å². The Balaban J connectivity index is 1.94. The molecule has 0 aliphatic carbocycles. The van der Waals surface area contributed by atoms with Crippen LogP contribution in [0, 0.1) is 18.3 Å². The molecule has 1 aromatic heterocycles. The summed E-state index contributed by atoms with van der Waals surface area (Å²) in [6, 6.07) is 17.3. The first-order valence-electron chi connectivity index (χ1n) is 8.16. The number of aromatic nitrogens is 1. The molecule has 0 saturated heterocycles. The molecule has 134 valence electrons. The molecule has 1 heterocycles. The molecule has 1 amide bonds. The molecular formula is C21H15Cl2N3O. The number of hydrogen-bond donors (Lipinski definition) is 1. The summed E-state index contributed by atoms with van der Waals surface area (Å²) in [6.07, 6.45) is 1.54. The van der Waals surface area contributed by atoms with Crippen LogP contribution in [0.25, 0.3) is 0 Å². The van der Waals surface area contributed by atoms with Gasteiger partial charge in [-0.2, -0.15) is 5.26 Å². The molecule has 0 bridgehead atoms. The number of pyridine rings is 1. The standard InChI is InChI=1S/C21H15Cl2N3O/c1-13-10-15(2-3-16(13)11-24)21(27)26-20(14-4-6-17(22)7-5-14)19-9-8-18(23)12-25-19/h2-10,12,20H,1H3,(H,26,27)/t20-/m1/s1. The largest absolute Gasteiger partial charge is 0.340 e.